The van der Waals surface area contributed by atoms with Crippen molar-refractivity contribution in [3.05, 3.63) is 37.1 Å². The van der Waals surface area contributed by atoms with Crippen LogP contribution < -0.4 is 4.74 Å². The molecule has 0 bridgehead atoms. The molecule has 0 saturated carbocycles. The van der Waals surface area contributed by atoms with Gasteiger partial charge in [0.1, 0.15) is 24.5 Å². The topological polar surface area (TPSA) is 97.5 Å². The number of carbonyl (C=O) groups is 1. The Morgan fingerprint density at radius 1 is 1.53 bits per heavy atom. The lowest BCUT2D eigenvalue weighted by Crippen LogP contribution is -2.41. The Morgan fingerprint density at radius 3 is 2.84 bits per heavy atom. The molecule has 2 aromatic rings. The number of hydrogen-bond donors (Lipinski definition) is 2. The molecule has 0 fully saturated rings. The summed E-state index contributed by atoms with van der Waals surface area (Å²) in [6.45, 7) is 0.817. The van der Waals surface area contributed by atoms with Crippen LogP contribution in [0.1, 0.15) is 6.92 Å². The summed E-state index contributed by atoms with van der Waals surface area (Å²) >= 11 is 0. The lowest BCUT2D eigenvalue weighted by atomic mass is 10.1. The maximum atomic E-state index is 10.7. The molecule has 100 valence electrons. The third-order valence-electron chi connectivity index (χ3n) is 2.47. The van der Waals surface area contributed by atoms with E-state index >= 15 is 0 Å². The van der Waals surface area contributed by atoms with Crippen molar-refractivity contribution in [1.29, 1.82) is 0 Å². The second-order valence-electron chi connectivity index (χ2n) is 4.19. The Hall–Kier alpha value is -2.41. The van der Waals surface area contributed by atoms with Crippen LogP contribution in [-0.4, -0.2) is 42.9 Å². The normalized spacial score (nSPS) is 13.8. The van der Waals surface area contributed by atoms with Crippen molar-refractivity contribution < 1.29 is 19.7 Å². The summed E-state index contributed by atoms with van der Waals surface area (Å²) in [4.78, 5) is 18.7. The molecule has 7 heteroatoms. The highest BCUT2D eigenvalue weighted by Gasteiger charge is 2.30. The van der Waals surface area contributed by atoms with Crippen molar-refractivity contribution >= 4 is 5.97 Å². The number of ether oxygens (including phenoxy) is 1. The molecule has 0 amide bonds. The van der Waals surface area contributed by atoms with Gasteiger partial charge in [0, 0.05) is 12.4 Å². The van der Waals surface area contributed by atoms with E-state index in [-0.39, 0.29) is 6.61 Å². The second-order valence-corrected chi connectivity index (χ2v) is 4.19. The molecule has 2 heterocycles. The SMILES string of the molecule is CC(O)(COc1ccc(-n2ccnc2)nc1)C(=O)O. The summed E-state index contributed by atoms with van der Waals surface area (Å²) < 4.78 is 6.91. The molecule has 0 aliphatic carbocycles. The van der Waals surface area contributed by atoms with Gasteiger partial charge >= 0.3 is 5.97 Å². The van der Waals surface area contributed by atoms with E-state index in [1.807, 2.05) is 0 Å². The van der Waals surface area contributed by atoms with Gasteiger partial charge in [-0.05, 0) is 19.1 Å². The zero-order valence-corrected chi connectivity index (χ0v) is 10.2. The minimum Gasteiger partial charge on any atom is -0.488 e. The van der Waals surface area contributed by atoms with E-state index in [9.17, 15) is 9.90 Å². The number of hydrogen-bond acceptors (Lipinski definition) is 5. The highest BCUT2D eigenvalue weighted by Crippen LogP contribution is 2.14. The van der Waals surface area contributed by atoms with Gasteiger partial charge in [0.05, 0.1) is 6.20 Å². The van der Waals surface area contributed by atoms with Gasteiger partial charge in [-0.3, -0.25) is 4.57 Å². The molecule has 0 aromatic carbocycles. The average Bonchev–Trinajstić information content (AvgIpc) is 2.91. The van der Waals surface area contributed by atoms with Gasteiger partial charge in [-0.1, -0.05) is 0 Å². The molecule has 1 atom stereocenters. The first-order valence-electron chi connectivity index (χ1n) is 5.52. The number of aliphatic hydroxyl groups is 1. The molecule has 0 saturated heterocycles. The van der Waals surface area contributed by atoms with Crippen LogP contribution in [0.15, 0.2) is 37.1 Å². The number of aliphatic carboxylic acids is 1. The number of pyridine rings is 1. The van der Waals surface area contributed by atoms with Gasteiger partial charge in [-0.15, -0.1) is 0 Å². The van der Waals surface area contributed by atoms with E-state index in [1.165, 1.54) is 13.1 Å². The maximum Gasteiger partial charge on any atom is 0.339 e. The molecule has 2 aromatic heterocycles. The lowest BCUT2D eigenvalue weighted by molar-refractivity contribution is -0.159. The second kappa shape index (κ2) is 5.07. The minimum atomic E-state index is -1.93. The van der Waals surface area contributed by atoms with E-state index in [2.05, 4.69) is 9.97 Å². The fraction of sp³-hybridized carbons (Fsp3) is 0.250. The fourth-order valence-electron chi connectivity index (χ4n) is 1.29. The van der Waals surface area contributed by atoms with E-state index < -0.39 is 11.6 Å². The molecule has 0 aliphatic heterocycles. The van der Waals surface area contributed by atoms with Crippen LogP contribution in [0, 0.1) is 0 Å². The van der Waals surface area contributed by atoms with Gasteiger partial charge < -0.3 is 14.9 Å². The molecule has 0 radical (unpaired) electrons. The third-order valence-corrected chi connectivity index (χ3v) is 2.47. The van der Waals surface area contributed by atoms with Gasteiger partial charge in [-0.25, -0.2) is 14.8 Å². The van der Waals surface area contributed by atoms with Crippen LogP contribution >= 0.6 is 0 Å². The molecule has 2 N–H and O–H groups in total. The van der Waals surface area contributed by atoms with Crippen LogP contribution in [0.4, 0.5) is 0 Å². The summed E-state index contributed by atoms with van der Waals surface area (Å²) in [5, 5.41) is 18.2. The van der Waals surface area contributed by atoms with Crippen molar-refractivity contribution in [3.8, 4) is 11.6 Å². The van der Waals surface area contributed by atoms with Crippen molar-refractivity contribution in [2.75, 3.05) is 6.61 Å². The molecule has 7 nitrogen and oxygen atoms in total. The van der Waals surface area contributed by atoms with Crippen LogP contribution in [0.2, 0.25) is 0 Å². The van der Waals surface area contributed by atoms with Gasteiger partial charge in [0.2, 0.25) is 0 Å². The van der Waals surface area contributed by atoms with Crippen LogP contribution in [0.3, 0.4) is 0 Å². The summed E-state index contributed by atoms with van der Waals surface area (Å²) in [5.41, 5.74) is -1.93. The van der Waals surface area contributed by atoms with Crippen molar-refractivity contribution in [1.82, 2.24) is 14.5 Å². The monoisotopic (exact) mass is 263 g/mol. The number of carboxylic acid groups (broad SMARTS) is 1. The van der Waals surface area contributed by atoms with Crippen LogP contribution in [0.25, 0.3) is 5.82 Å². The highest BCUT2D eigenvalue weighted by molar-refractivity contribution is 5.76. The van der Waals surface area contributed by atoms with Gasteiger partial charge in [0.15, 0.2) is 5.60 Å². The highest BCUT2D eigenvalue weighted by atomic mass is 16.5. The Morgan fingerprint density at radius 2 is 2.32 bits per heavy atom. The quantitative estimate of drug-likeness (QED) is 0.814. The summed E-state index contributed by atoms with van der Waals surface area (Å²) in [7, 11) is 0. The molecule has 0 spiro atoms. The molecular weight excluding hydrogens is 250 g/mol. The first-order chi connectivity index (χ1) is 8.99. The first-order valence-corrected chi connectivity index (χ1v) is 5.52. The number of nitrogens with zero attached hydrogens (tertiary/aromatic N) is 3. The molecular formula is C12H13N3O4. The zero-order valence-electron chi connectivity index (χ0n) is 10.2. The van der Waals surface area contributed by atoms with Crippen molar-refractivity contribution in [2.45, 2.75) is 12.5 Å². The largest absolute Gasteiger partial charge is 0.488 e. The third kappa shape index (κ3) is 3.08. The average molecular weight is 263 g/mol. The summed E-state index contributed by atoms with van der Waals surface area (Å²) in [6, 6.07) is 3.34. The number of carboxylic acids is 1. The predicted molar refractivity (Wildman–Crippen MR) is 65.1 cm³/mol. The van der Waals surface area contributed by atoms with Crippen LogP contribution in [-0.2, 0) is 4.79 Å². The zero-order chi connectivity index (χ0) is 13.9. The molecule has 2 rings (SSSR count). The first kappa shape index (κ1) is 13.0. The standard InChI is InChI=1S/C12H13N3O4/c1-12(18,11(16)17)7-19-9-2-3-10(14-6-9)15-5-4-13-8-15/h2-6,8,18H,7H2,1H3,(H,16,17). The minimum absolute atomic E-state index is 0.353. The number of aromatic nitrogens is 3. The number of imidazole rings is 1. The van der Waals surface area contributed by atoms with Crippen LogP contribution in [0.5, 0.6) is 5.75 Å². The lowest BCUT2D eigenvalue weighted by Gasteiger charge is -2.18. The Balaban J connectivity index is 2.02. The Bertz CT molecular complexity index is 549. The smallest absolute Gasteiger partial charge is 0.339 e. The Labute approximate surface area is 109 Å². The summed E-state index contributed by atoms with van der Waals surface area (Å²) in [6.07, 6.45) is 6.44. The molecule has 19 heavy (non-hydrogen) atoms. The van der Waals surface area contributed by atoms with Crippen molar-refractivity contribution in [2.24, 2.45) is 0 Å². The van der Waals surface area contributed by atoms with Gasteiger partial charge in [0.25, 0.3) is 0 Å². The predicted octanol–water partition coefficient (Wildman–Crippen LogP) is 0.482. The van der Waals surface area contributed by atoms with Crippen molar-refractivity contribution in [3.63, 3.8) is 0 Å². The van der Waals surface area contributed by atoms with E-state index in [0.29, 0.717) is 11.6 Å². The van der Waals surface area contributed by atoms with Gasteiger partial charge in [-0.2, -0.15) is 0 Å². The fourth-order valence-corrected chi connectivity index (χ4v) is 1.29. The molecule has 0 aliphatic rings. The molecule has 1 unspecified atom stereocenters. The Kier molecular flexibility index (Phi) is 3.48. The van der Waals surface area contributed by atoms with E-state index in [0.717, 1.165) is 0 Å². The summed E-state index contributed by atoms with van der Waals surface area (Å²) in [5.74, 6) is -0.296. The van der Waals surface area contributed by atoms with E-state index in [1.54, 1.807) is 35.4 Å². The maximum absolute atomic E-state index is 10.7. The van der Waals surface area contributed by atoms with E-state index in [4.69, 9.17) is 9.84 Å². The number of rotatable bonds is 5.